The number of aromatic amines is 1. The zero-order chi connectivity index (χ0) is 14.5. The lowest BCUT2D eigenvalue weighted by atomic mass is 10.2. The SMILES string of the molecule is Cc1ncc(CNCC(C)NC(=O)OC(C)(C)C)[nH]1. The molecular formula is C13H24N4O2. The van der Waals surface area contributed by atoms with Gasteiger partial charge >= 0.3 is 6.09 Å². The van der Waals surface area contributed by atoms with Gasteiger partial charge in [0.25, 0.3) is 0 Å². The third kappa shape index (κ3) is 6.81. The Labute approximate surface area is 114 Å². The molecule has 6 heteroatoms. The van der Waals surface area contributed by atoms with Crippen molar-refractivity contribution >= 4 is 6.09 Å². The van der Waals surface area contributed by atoms with Crippen molar-refractivity contribution in [3.63, 3.8) is 0 Å². The van der Waals surface area contributed by atoms with E-state index < -0.39 is 5.60 Å². The summed E-state index contributed by atoms with van der Waals surface area (Å²) in [6.45, 7) is 10.7. The van der Waals surface area contributed by atoms with Gasteiger partial charge in [-0.2, -0.15) is 0 Å². The topological polar surface area (TPSA) is 79.0 Å². The van der Waals surface area contributed by atoms with Crippen LogP contribution in [0.15, 0.2) is 6.20 Å². The molecule has 1 atom stereocenters. The average Bonchev–Trinajstić information content (AvgIpc) is 2.60. The maximum atomic E-state index is 11.5. The highest BCUT2D eigenvalue weighted by Crippen LogP contribution is 2.06. The van der Waals surface area contributed by atoms with Crippen LogP contribution in [0.3, 0.4) is 0 Å². The normalized spacial score (nSPS) is 13.1. The first-order valence-electron chi connectivity index (χ1n) is 6.47. The first kappa shape index (κ1) is 15.5. The Kier molecular flexibility index (Phi) is 5.35. The average molecular weight is 268 g/mol. The smallest absolute Gasteiger partial charge is 0.407 e. The van der Waals surface area contributed by atoms with Crippen molar-refractivity contribution in [2.24, 2.45) is 0 Å². The third-order valence-electron chi connectivity index (χ3n) is 2.28. The minimum Gasteiger partial charge on any atom is -0.444 e. The van der Waals surface area contributed by atoms with Gasteiger partial charge in [-0.25, -0.2) is 9.78 Å². The number of hydrogen-bond donors (Lipinski definition) is 3. The van der Waals surface area contributed by atoms with E-state index in [2.05, 4.69) is 20.6 Å². The first-order valence-corrected chi connectivity index (χ1v) is 6.47. The number of rotatable bonds is 5. The van der Waals surface area contributed by atoms with Crippen molar-refractivity contribution < 1.29 is 9.53 Å². The summed E-state index contributed by atoms with van der Waals surface area (Å²) in [7, 11) is 0. The standard InChI is InChI=1S/C13H24N4O2/c1-9(16-12(18)19-13(3,4)5)6-14-7-11-8-15-10(2)17-11/h8-9,14H,6-7H2,1-5H3,(H,15,17)(H,16,18). The Bertz CT molecular complexity index is 409. The predicted octanol–water partition coefficient (Wildman–Crippen LogP) is 1.72. The number of ether oxygens (including phenoxy) is 1. The molecule has 6 nitrogen and oxygen atoms in total. The molecular weight excluding hydrogens is 244 g/mol. The largest absolute Gasteiger partial charge is 0.444 e. The molecule has 1 aromatic rings. The Morgan fingerprint density at radius 2 is 2.21 bits per heavy atom. The zero-order valence-corrected chi connectivity index (χ0v) is 12.3. The van der Waals surface area contributed by atoms with E-state index in [1.807, 2.05) is 34.6 Å². The molecule has 1 heterocycles. The van der Waals surface area contributed by atoms with E-state index in [-0.39, 0.29) is 12.1 Å². The number of aromatic nitrogens is 2. The van der Waals surface area contributed by atoms with Crippen LogP contribution in [0.1, 0.15) is 39.2 Å². The molecule has 0 saturated carbocycles. The highest BCUT2D eigenvalue weighted by atomic mass is 16.6. The second-order valence-electron chi connectivity index (χ2n) is 5.67. The quantitative estimate of drug-likeness (QED) is 0.759. The molecule has 1 aromatic heterocycles. The number of carbonyl (C=O) groups is 1. The lowest BCUT2D eigenvalue weighted by molar-refractivity contribution is 0.0508. The summed E-state index contributed by atoms with van der Waals surface area (Å²) in [5.74, 6) is 0.900. The van der Waals surface area contributed by atoms with Crippen LogP contribution in [-0.4, -0.2) is 34.2 Å². The van der Waals surface area contributed by atoms with Gasteiger partial charge in [-0.1, -0.05) is 0 Å². The second kappa shape index (κ2) is 6.56. The monoisotopic (exact) mass is 268 g/mol. The van der Waals surface area contributed by atoms with Crippen LogP contribution in [0.5, 0.6) is 0 Å². The highest BCUT2D eigenvalue weighted by Gasteiger charge is 2.17. The summed E-state index contributed by atoms with van der Waals surface area (Å²) < 4.78 is 5.18. The molecule has 0 spiro atoms. The third-order valence-corrected chi connectivity index (χ3v) is 2.28. The molecule has 1 unspecified atom stereocenters. The molecule has 1 amide bonds. The van der Waals surface area contributed by atoms with Gasteiger partial charge in [0.05, 0.1) is 0 Å². The van der Waals surface area contributed by atoms with Crippen molar-refractivity contribution in [2.45, 2.75) is 52.8 Å². The molecule has 0 aromatic carbocycles. The minimum absolute atomic E-state index is 0.00105. The number of alkyl carbamates (subject to hydrolysis) is 1. The predicted molar refractivity (Wildman–Crippen MR) is 73.9 cm³/mol. The summed E-state index contributed by atoms with van der Waals surface area (Å²) in [5.41, 5.74) is 0.562. The van der Waals surface area contributed by atoms with Crippen LogP contribution in [0.4, 0.5) is 4.79 Å². The summed E-state index contributed by atoms with van der Waals surface area (Å²) in [4.78, 5) is 18.8. The van der Waals surface area contributed by atoms with Gasteiger partial charge in [0.1, 0.15) is 11.4 Å². The number of nitrogens with zero attached hydrogens (tertiary/aromatic N) is 1. The molecule has 0 aliphatic rings. The Hall–Kier alpha value is -1.56. The van der Waals surface area contributed by atoms with E-state index in [1.54, 1.807) is 6.20 Å². The Morgan fingerprint density at radius 1 is 1.53 bits per heavy atom. The van der Waals surface area contributed by atoms with Gasteiger partial charge in [-0.15, -0.1) is 0 Å². The van der Waals surface area contributed by atoms with Gasteiger partial charge in [0.2, 0.25) is 0 Å². The van der Waals surface area contributed by atoms with E-state index in [0.29, 0.717) is 13.1 Å². The molecule has 3 N–H and O–H groups in total. The van der Waals surface area contributed by atoms with Crippen molar-refractivity contribution in [1.82, 2.24) is 20.6 Å². The highest BCUT2D eigenvalue weighted by molar-refractivity contribution is 5.68. The van der Waals surface area contributed by atoms with Gasteiger partial charge in [0, 0.05) is 31.0 Å². The fourth-order valence-corrected chi connectivity index (χ4v) is 1.54. The lowest BCUT2D eigenvalue weighted by Crippen LogP contribution is -2.42. The summed E-state index contributed by atoms with van der Waals surface area (Å²) in [6, 6.07) is -0.00105. The Balaban J connectivity index is 2.21. The van der Waals surface area contributed by atoms with Crippen molar-refractivity contribution in [2.75, 3.05) is 6.54 Å². The van der Waals surface area contributed by atoms with Crippen LogP contribution < -0.4 is 10.6 Å². The summed E-state index contributed by atoms with van der Waals surface area (Å²) in [6.07, 6.45) is 1.41. The minimum atomic E-state index is -0.468. The maximum Gasteiger partial charge on any atom is 0.407 e. The molecule has 0 fully saturated rings. The number of amides is 1. The number of imidazole rings is 1. The number of H-pyrrole nitrogens is 1. The number of aryl methyl sites for hydroxylation is 1. The van der Waals surface area contributed by atoms with Gasteiger partial charge in [0.15, 0.2) is 0 Å². The van der Waals surface area contributed by atoms with E-state index in [1.165, 1.54) is 0 Å². The fraction of sp³-hybridized carbons (Fsp3) is 0.692. The maximum absolute atomic E-state index is 11.5. The van der Waals surface area contributed by atoms with E-state index in [4.69, 9.17) is 4.74 Å². The number of hydrogen-bond acceptors (Lipinski definition) is 4. The molecule has 0 saturated heterocycles. The van der Waals surface area contributed by atoms with Gasteiger partial charge in [-0.05, 0) is 34.6 Å². The second-order valence-corrected chi connectivity index (χ2v) is 5.67. The number of carbonyl (C=O) groups excluding carboxylic acids is 1. The summed E-state index contributed by atoms with van der Waals surface area (Å²) in [5, 5.41) is 6.02. The molecule has 0 bridgehead atoms. The molecule has 1 rings (SSSR count). The zero-order valence-electron chi connectivity index (χ0n) is 12.3. The molecule has 0 aliphatic carbocycles. The van der Waals surface area contributed by atoms with E-state index in [9.17, 15) is 4.79 Å². The van der Waals surface area contributed by atoms with Crippen molar-refractivity contribution in [3.8, 4) is 0 Å². The van der Waals surface area contributed by atoms with E-state index in [0.717, 1.165) is 11.5 Å². The molecule has 0 aliphatic heterocycles. The Morgan fingerprint density at radius 3 is 2.74 bits per heavy atom. The van der Waals surface area contributed by atoms with E-state index >= 15 is 0 Å². The first-order chi connectivity index (χ1) is 8.76. The lowest BCUT2D eigenvalue weighted by Gasteiger charge is -2.22. The van der Waals surface area contributed by atoms with Crippen LogP contribution >= 0.6 is 0 Å². The van der Waals surface area contributed by atoms with Gasteiger partial charge < -0.3 is 20.4 Å². The van der Waals surface area contributed by atoms with Crippen LogP contribution in [0.2, 0.25) is 0 Å². The molecule has 108 valence electrons. The van der Waals surface area contributed by atoms with Crippen LogP contribution in [0, 0.1) is 6.92 Å². The van der Waals surface area contributed by atoms with Gasteiger partial charge in [-0.3, -0.25) is 0 Å². The van der Waals surface area contributed by atoms with Crippen molar-refractivity contribution in [1.29, 1.82) is 0 Å². The van der Waals surface area contributed by atoms with Crippen LogP contribution in [-0.2, 0) is 11.3 Å². The molecule has 0 radical (unpaired) electrons. The molecule has 19 heavy (non-hydrogen) atoms. The fourth-order valence-electron chi connectivity index (χ4n) is 1.54. The van der Waals surface area contributed by atoms with Crippen LogP contribution in [0.25, 0.3) is 0 Å². The number of nitrogens with one attached hydrogen (secondary N) is 3. The summed E-state index contributed by atoms with van der Waals surface area (Å²) >= 11 is 0. The van der Waals surface area contributed by atoms with Crippen molar-refractivity contribution in [3.05, 3.63) is 17.7 Å².